The van der Waals surface area contributed by atoms with Crippen molar-refractivity contribution in [1.82, 2.24) is 20.1 Å². The minimum Gasteiger partial charge on any atom is -0.482 e. The van der Waals surface area contributed by atoms with Crippen LogP contribution in [0.3, 0.4) is 0 Å². The molecule has 0 bridgehead atoms. The summed E-state index contributed by atoms with van der Waals surface area (Å²) in [6, 6.07) is 7.36. The predicted octanol–water partition coefficient (Wildman–Crippen LogP) is 1.07. The van der Waals surface area contributed by atoms with Gasteiger partial charge in [-0.3, -0.25) is 4.79 Å². The van der Waals surface area contributed by atoms with Gasteiger partial charge in [0, 0.05) is 13.0 Å². The first kappa shape index (κ1) is 14.0. The van der Waals surface area contributed by atoms with Gasteiger partial charge in [-0.1, -0.05) is 12.1 Å². The molecule has 0 fully saturated rings. The van der Waals surface area contributed by atoms with Crippen molar-refractivity contribution >= 4 is 5.91 Å². The average molecular weight is 314 g/mol. The molecule has 1 amide bonds. The standard InChI is InChI=1S/C16H18N4O3/c1-10-15(23-12-6-3-2-5-11(12)22-10)16(21)17-9-14-19-18-13-7-4-8-20(13)14/h2-3,5-6,10,15H,4,7-9H2,1H3,(H,17,21)/t10-,15-/m1/s1. The Morgan fingerprint density at radius 3 is 2.91 bits per heavy atom. The van der Waals surface area contributed by atoms with E-state index in [0.29, 0.717) is 18.0 Å². The summed E-state index contributed by atoms with van der Waals surface area (Å²) in [5, 5.41) is 11.2. The van der Waals surface area contributed by atoms with Crippen LogP contribution in [0.15, 0.2) is 24.3 Å². The molecular formula is C16H18N4O3. The Morgan fingerprint density at radius 1 is 1.30 bits per heavy atom. The third kappa shape index (κ3) is 2.52. The van der Waals surface area contributed by atoms with Crippen LogP contribution >= 0.6 is 0 Å². The molecule has 1 N–H and O–H groups in total. The van der Waals surface area contributed by atoms with Crippen molar-refractivity contribution in [3.63, 3.8) is 0 Å². The molecule has 120 valence electrons. The monoisotopic (exact) mass is 314 g/mol. The maximum absolute atomic E-state index is 12.4. The molecule has 0 spiro atoms. The van der Waals surface area contributed by atoms with Crippen LogP contribution in [0.2, 0.25) is 0 Å². The molecule has 2 aliphatic rings. The van der Waals surface area contributed by atoms with E-state index in [2.05, 4.69) is 20.1 Å². The van der Waals surface area contributed by atoms with E-state index in [0.717, 1.165) is 31.0 Å². The fourth-order valence-corrected chi connectivity index (χ4v) is 3.01. The molecule has 0 radical (unpaired) electrons. The third-order valence-corrected chi connectivity index (χ3v) is 4.21. The van der Waals surface area contributed by atoms with E-state index in [4.69, 9.17) is 9.47 Å². The molecule has 1 aromatic heterocycles. The summed E-state index contributed by atoms with van der Waals surface area (Å²) in [4.78, 5) is 12.4. The van der Waals surface area contributed by atoms with Crippen molar-refractivity contribution in [3.05, 3.63) is 35.9 Å². The van der Waals surface area contributed by atoms with Crippen LogP contribution in [0.1, 0.15) is 25.0 Å². The molecule has 0 saturated carbocycles. The van der Waals surface area contributed by atoms with Crippen molar-refractivity contribution in [2.24, 2.45) is 0 Å². The Bertz CT molecular complexity index is 743. The van der Waals surface area contributed by atoms with E-state index in [1.165, 1.54) is 0 Å². The van der Waals surface area contributed by atoms with Crippen LogP contribution in [0, 0.1) is 0 Å². The lowest BCUT2D eigenvalue weighted by molar-refractivity contribution is -0.133. The first-order valence-corrected chi connectivity index (χ1v) is 7.83. The van der Waals surface area contributed by atoms with Crippen molar-refractivity contribution in [3.8, 4) is 11.5 Å². The number of ether oxygens (including phenoxy) is 2. The first-order valence-electron chi connectivity index (χ1n) is 7.83. The summed E-state index contributed by atoms with van der Waals surface area (Å²) in [6.45, 7) is 3.09. The number of hydrogen-bond acceptors (Lipinski definition) is 5. The molecule has 2 aromatic rings. The second kappa shape index (κ2) is 5.57. The molecule has 0 aliphatic carbocycles. The van der Waals surface area contributed by atoms with Gasteiger partial charge >= 0.3 is 0 Å². The van der Waals surface area contributed by atoms with E-state index in [-0.39, 0.29) is 12.0 Å². The fourth-order valence-electron chi connectivity index (χ4n) is 3.01. The molecule has 23 heavy (non-hydrogen) atoms. The number of aromatic nitrogens is 3. The molecule has 1 aromatic carbocycles. The van der Waals surface area contributed by atoms with Gasteiger partial charge in [-0.05, 0) is 25.5 Å². The van der Waals surface area contributed by atoms with Crippen LogP contribution < -0.4 is 14.8 Å². The smallest absolute Gasteiger partial charge is 0.265 e. The predicted molar refractivity (Wildman–Crippen MR) is 81.1 cm³/mol. The van der Waals surface area contributed by atoms with Crippen LogP contribution in [0.5, 0.6) is 11.5 Å². The van der Waals surface area contributed by atoms with Crippen LogP contribution in [0.25, 0.3) is 0 Å². The zero-order valence-electron chi connectivity index (χ0n) is 12.9. The minimum atomic E-state index is -0.675. The number of aryl methyl sites for hydroxylation is 1. The Morgan fingerprint density at radius 2 is 2.09 bits per heavy atom. The van der Waals surface area contributed by atoms with Gasteiger partial charge in [0.2, 0.25) is 6.10 Å². The van der Waals surface area contributed by atoms with Gasteiger partial charge in [0.15, 0.2) is 17.3 Å². The fraction of sp³-hybridized carbons (Fsp3) is 0.438. The topological polar surface area (TPSA) is 78.3 Å². The average Bonchev–Trinajstić information content (AvgIpc) is 3.15. The molecule has 0 saturated heterocycles. The van der Waals surface area contributed by atoms with Crippen molar-refractivity contribution in [2.45, 2.75) is 45.1 Å². The van der Waals surface area contributed by atoms with E-state index < -0.39 is 6.10 Å². The lowest BCUT2D eigenvalue weighted by atomic mass is 10.1. The Balaban J connectivity index is 1.43. The Hall–Kier alpha value is -2.57. The summed E-state index contributed by atoms with van der Waals surface area (Å²) in [7, 11) is 0. The summed E-state index contributed by atoms with van der Waals surface area (Å²) in [6.07, 6.45) is 1.01. The van der Waals surface area contributed by atoms with Crippen molar-refractivity contribution in [1.29, 1.82) is 0 Å². The van der Waals surface area contributed by atoms with Gasteiger partial charge < -0.3 is 19.4 Å². The number of para-hydroxylation sites is 2. The second-order valence-electron chi connectivity index (χ2n) is 5.81. The van der Waals surface area contributed by atoms with E-state index in [1.54, 1.807) is 6.07 Å². The van der Waals surface area contributed by atoms with E-state index in [1.807, 2.05) is 25.1 Å². The Labute approximate surface area is 133 Å². The first-order chi connectivity index (χ1) is 11.2. The van der Waals surface area contributed by atoms with Gasteiger partial charge in [0.05, 0.1) is 6.54 Å². The third-order valence-electron chi connectivity index (χ3n) is 4.21. The molecule has 4 rings (SSSR count). The summed E-state index contributed by atoms with van der Waals surface area (Å²) < 4.78 is 13.6. The van der Waals surface area contributed by atoms with Crippen LogP contribution in [-0.4, -0.2) is 32.9 Å². The number of nitrogens with zero attached hydrogens (tertiary/aromatic N) is 3. The highest BCUT2D eigenvalue weighted by Gasteiger charge is 2.34. The lowest BCUT2D eigenvalue weighted by Gasteiger charge is -2.30. The zero-order chi connectivity index (χ0) is 15.8. The molecule has 3 heterocycles. The minimum absolute atomic E-state index is 0.206. The van der Waals surface area contributed by atoms with Crippen molar-refractivity contribution in [2.75, 3.05) is 0 Å². The maximum atomic E-state index is 12.4. The maximum Gasteiger partial charge on any atom is 0.265 e. The second-order valence-corrected chi connectivity index (χ2v) is 5.81. The van der Waals surface area contributed by atoms with Gasteiger partial charge in [0.25, 0.3) is 5.91 Å². The number of carbonyl (C=O) groups excluding carboxylic acids is 1. The normalized spacial score (nSPS) is 21.8. The van der Waals surface area contributed by atoms with Gasteiger partial charge in [-0.2, -0.15) is 0 Å². The number of amides is 1. The highest BCUT2D eigenvalue weighted by atomic mass is 16.6. The molecular weight excluding hydrogens is 296 g/mol. The quantitative estimate of drug-likeness (QED) is 0.917. The van der Waals surface area contributed by atoms with Gasteiger partial charge in [-0.25, -0.2) is 0 Å². The molecule has 7 heteroatoms. The number of hydrogen-bond donors (Lipinski definition) is 1. The Kier molecular flexibility index (Phi) is 3.40. The number of carbonyl (C=O) groups is 1. The number of nitrogens with one attached hydrogen (secondary N) is 1. The molecule has 7 nitrogen and oxygen atoms in total. The van der Waals surface area contributed by atoms with E-state index >= 15 is 0 Å². The zero-order valence-corrected chi connectivity index (χ0v) is 12.9. The van der Waals surface area contributed by atoms with E-state index in [9.17, 15) is 4.79 Å². The summed E-state index contributed by atoms with van der Waals surface area (Å²) in [5.41, 5.74) is 0. The summed E-state index contributed by atoms with van der Waals surface area (Å²) in [5.74, 6) is 2.83. The summed E-state index contributed by atoms with van der Waals surface area (Å²) >= 11 is 0. The van der Waals surface area contributed by atoms with Gasteiger partial charge in [-0.15, -0.1) is 10.2 Å². The number of rotatable bonds is 3. The molecule has 2 atom stereocenters. The van der Waals surface area contributed by atoms with Crippen molar-refractivity contribution < 1.29 is 14.3 Å². The molecule has 0 unspecified atom stereocenters. The molecule has 2 aliphatic heterocycles. The van der Waals surface area contributed by atoms with Gasteiger partial charge in [0.1, 0.15) is 11.9 Å². The lowest BCUT2D eigenvalue weighted by Crippen LogP contribution is -2.49. The van der Waals surface area contributed by atoms with Crippen LogP contribution in [-0.2, 0) is 24.3 Å². The largest absolute Gasteiger partial charge is 0.482 e. The number of benzene rings is 1. The number of fused-ring (bicyclic) bond motifs is 2. The highest BCUT2D eigenvalue weighted by molar-refractivity contribution is 5.82. The SMILES string of the molecule is C[C@H]1Oc2ccccc2O[C@H]1C(=O)NCc1nnc2n1CCC2. The highest BCUT2D eigenvalue weighted by Crippen LogP contribution is 2.33. The van der Waals surface area contributed by atoms with Crippen LogP contribution in [0.4, 0.5) is 0 Å².